The predicted molar refractivity (Wildman–Crippen MR) is 119 cm³/mol. The molecule has 0 aliphatic heterocycles. The second kappa shape index (κ2) is 7.78. The van der Waals surface area contributed by atoms with Crippen molar-refractivity contribution < 1.29 is 23.1 Å². The maximum absolute atomic E-state index is 13.2. The lowest BCUT2D eigenvalue weighted by Crippen LogP contribution is -2.06. The van der Waals surface area contributed by atoms with E-state index in [9.17, 15) is 18.0 Å². The standard InChI is InChI=1S/C26H17F3N2O2/c27-26(28,29)20-5-3-6-21(14-20)31-15-18(9-11-24(32)33)25(30-31)17-8-10-23-19(13-17)12-16-4-1-2-7-22(16)23/h1-11,13-15H,12H2,(H,32,33)/b11-9+. The van der Waals surface area contributed by atoms with Crippen LogP contribution < -0.4 is 0 Å². The second-order valence-corrected chi connectivity index (χ2v) is 7.80. The van der Waals surface area contributed by atoms with Crippen LogP contribution >= 0.6 is 0 Å². The van der Waals surface area contributed by atoms with Gasteiger partial charge >= 0.3 is 12.1 Å². The lowest BCUT2D eigenvalue weighted by Gasteiger charge is -2.08. The summed E-state index contributed by atoms with van der Waals surface area (Å²) < 4.78 is 40.9. The number of carboxylic acid groups (broad SMARTS) is 1. The Bertz CT molecular complexity index is 1420. The summed E-state index contributed by atoms with van der Waals surface area (Å²) in [6.45, 7) is 0. The average Bonchev–Trinajstić information content (AvgIpc) is 3.38. The molecule has 3 aromatic carbocycles. The van der Waals surface area contributed by atoms with Crippen molar-refractivity contribution in [1.82, 2.24) is 9.78 Å². The molecule has 0 amide bonds. The van der Waals surface area contributed by atoms with E-state index in [1.807, 2.05) is 30.3 Å². The molecule has 0 fully saturated rings. The van der Waals surface area contributed by atoms with E-state index in [1.54, 1.807) is 0 Å². The van der Waals surface area contributed by atoms with Crippen molar-refractivity contribution >= 4 is 12.0 Å². The lowest BCUT2D eigenvalue weighted by molar-refractivity contribution is -0.137. The van der Waals surface area contributed by atoms with Crippen LogP contribution in [0.15, 0.2) is 79.0 Å². The molecule has 7 heteroatoms. The summed E-state index contributed by atoms with van der Waals surface area (Å²) in [4.78, 5) is 11.1. The van der Waals surface area contributed by atoms with Gasteiger partial charge in [-0.1, -0.05) is 42.5 Å². The Morgan fingerprint density at radius 1 is 0.970 bits per heavy atom. The number of aliphatic carboxylic acids is 1. The summed E-state index contributed by atoms with van der Waals surface area (Å²) in [6, 6.07) is 18.9. The Balaban J connectivity index is 1.60. The SMILES string of the molecule is O=C(O)/C=C/c1cn(-c2cccc(C(F)(F)F)c2)nc1-c1ccc2c(c1)Cc1ccccc1-2. The number of hydrogen-bond donors (Lipinski definition) is 1. The number of hydrogen-bond acceptors (Lipinski definition) is 2. The molecule has 4 nitrogen and oxygen atoms in total. The first-order chi connectivity index (χ1) is 15.8. The highest BCUT2D eigenvalue weighted by Crippen LogP contribution is 2.39. The van der Waals surface area contributed by atoms with Gasteiger partial charge < -0.3 is 5.11 Å². The fourth-order valence-corrected chi connectivity index (χ4v) is 4.14. The molecule has 1 heterocycles. The van der Waals surface area contributed by atoms with Crippen LogP contribution in [0.4, 0.5) is 13.2 Å². The summed E-state index contributed by atoms with van der Waals surface area (Å²) in [7, 11) is 0. The number of halogens is 3. The third-order valence-electron chi connectivity index (χ3n) is 5.65. The monoisotopic (exact) mass is 446 g/mol. The topological polar surface area (TPSA) is 55.1 Å². The maximum atomic E-state index is 13.2. The highest BCUT2D eigenvalue weighted by molar-refractivity contribution is 5.88. The van der Waals surface area contributed by atoms with E-state index >= 15 is 0 Å². The summed E-state index contributed by atoms with van der Waals surface area (Å²) in [6.07, 6.45) is 0.213. The molecule has 1 aromatic heterocycles. The number of fused-ring (bicyclic) bond motifs is 3. The van der Waals surface area contributed by atoms with Gasteiger partial charge in [-0.05, 0) is 59.0 Å². The number of nitrogens with zero attached hydrogens (tertiary/aromatic N) is 2. The van der Waals surface area contributed by atoms with Crippen LogP contribution in [0.2, 0.25) is 0 Å². The lowest BCUT2D eigenvalue weighted by atomic mass is 10.0. The van der Waals surface area contributed by atoms with Crippen LogP contribution in [0.3, 0.4) is 0 Å². The zero-order valence-electron chi connectivity index (χ0n) is 17.2. The minimum atomic E-state index is -4.48. The molecule has 0 saturated heterocycles. The zero-order chi connectivity index (χ0) is 23.2. The van der Waals surface area contributed by atoms with Gasteiger partial charge in [-0.15, -0.1) is 0 Å². The van der Waals surface area contributed by atoms with Gasteiger partial charge in [0.1, 0.15) is 0 Å². The van der Waals surface area contributed by atoms with E-state index in [0.29, 0.717) is 11.3 Å². The first kappa shape index (κ1) is 20.8. The Kier molecular flexibility index (Phi) is 4.89. The van der Waals surface area contributed by atoms with Crippen LogP contribution in [0.25, 0.3) is 34.1 Å². The Morgan fingerprint density at radius 2 is 1.76 bits per heavy atom. The first-order valence-corrected chi connectivity index (χ1v) is 10.2. The largest absolute Gasteiger partial charge is 0.478 e. The summed E-state index contributed by atoms with van der Waals surface area (Å²) in [5.41, 5.74) is 5.85. The third kappa shape index (κ3) is 3.93. The van der Waals surface area contributed by atoms with Crippen LogP contribution in [-0.4, -0.2) is 20.9 Å². The van der Waals surface area contributed by atoms with E-state index in [4.69, 9.17) is 5.11 Å². The molecule has 5 rings (SSSR count). The van der Waals surface area contributed by atoms with Crippen LogP contribution in [0.1, 0.15) is 22.3 Å². The predicted octanol–water partition coefficient (Wildman–Crippen LogP) is 6.23. The van der Waals surface area contributed by atoms with Crippen molar-refractivity contribution in [2.45, 2.75) is 12.6 Å². The van der Waals surface area contributed by atoms with E-state index < -0.39 is 17.7 Å². The van der Waals surface area contributed by atoms with E-state index in [0.717, 1.165) is 41.3 Å². The van der Waals surface area contributed by atoms with Gasteiger partial charge in [0.15, 0.2) is 0 Å². The molecule has 1 N–H and O–H groups in total. The fourth-order valence-electron chi connectivity index (χ4n) is 4.14. The van der Waals surface area contributed by atoms with Crippen molar-refractivity contribution in [3.8, 4) is 28.1 Å². The van der Waals surface area contributed by atoms with E-state index in [-0.39, 0.29) is 5.69 Å². The van der Waals surface area contributed by atoms with Crippen molar-refractivity contribution in [3.63, 3.8) is 0 Å². The van der Waals surface area contributed by atoms with Crippen molar-refractivity contribution in [1.29, 1.82) is 0 Å². The molecule has 0 bridgehead atoms. The van der Waals surface area contributed by atoms with Crippen molar-refractivity contribution in [2.75, 3.05) is 0 Å². The fraction of sp³-hybridized carbons (Fsp3) is 0.0769. The summed E-state index contributed by atoms with van der Waals surface area (Å²) in [5.74, 6) is -1.13. The quantitative estimate of drug-likeness (QED) is 0.333. The second-order valence-electron chi connectivity index (χ2n) is 7.80. The van der Waals surface area contributed by atoms with Crippen LogP contribution in [0, 0.1) is 0 Å². The molecule has 0 saturated carbocycles. The van der Waals surface area contributed by atoms with E-state index in [1.165, 1.54) is 40.2 Å². The molecule has 1 aliphatic carbocycles. The molecule has 0 atom stereocenters. The van der Waals surface area contributed by atoms with Crippen molar-refractivity contribution in [3.05, 3.63) is 101 Å². The molecule has 33 heavy (non-hydrogen) atoms. The Morgan fingerprint density at radius 3 is 2.55 bits per heavy atom. The van der Waals surface area contributed by atoms with Crippen LogP contribution in [-0.2, 0) is 17.4 Å². The molecule has 164 valence electrons. The van der Waals surface area contributed by atoms with Crippen molar-refractivity contribution in [2.24, 2.45) is 0 Å². The smallest absolute Gasteiger partial charge is 0.416 e. The van der Waals surface area contributed by atoms with Gasteiger partial charge in [0, 0.05) is 23.4 Å². The number of benzene rings is 3. The highest BCUT2D eigenvalue weighted by atomic mass is 19.4. The number of aromatic nitrogens is 2. The van der Waals surface area contributed by atoms with Gasteiger partial charge in [-0.25, -0.2) is 9.48 Å². The highest BCUT2D eigenvalue weighted by Gasteiger charge is 2.30. The molecular weight excluding hydrogens is 429 g/mol. The van der Waals surface area contributed by atoms with E-state index in [2.05, 4.69) is 17.2 Å². The average molecular weight is 446 g/mol. The maximum Gasteiger partial charge on any atom is 0.416 e. The summed E-state index contributed by atoms with van der Waals surface area (Å²) >= 11 is 0. The van der Waals surface area contributed by atoms with Gasteiger partial charge in [0.2, 0.25) is 0 Å². The number of rotatable bonds is 4. The van der Waals surface area contributed by atoms with Gasteiger partial charge in [-0.3, -0.25) is 0 Å². The molecule has 0 unspecified atom stereocenters. The minimum absolute atomic E-state index is 0.231. The normalized spacial score (nSPS) is 12.7. The molecule has 0 spiro atoms. The van der Waals surface area contributed by atoms with Crippen LogP contribution in [0.5, 0.6) is 0 Å². The molecular formula is C26H17F3N2O2. The summed E-state index contributed by atoms with van der Waals surface area (Å²) in [5, 5.41) is 13.6. The molecule has 1 aliphatic rings. The number of carboxylic acids is 1. The number of alkyl halides is 3. The number of carbonyl (C=O) groups is 1. The van der Waals surface area contributed by atoms with Gasteiger partial charge in [0.25, 0.3) is 0 Å². The molecule has 4 aromatic rings. The third-order valence-corrected chi connectivity index (χ3v) is 5.65. The zero-order valence-corrected chi connectivity index (χ0v) is 17.2. The Hall–Kier alpha value is -4.13. The van der Waals surface area contributed by atoms with Gasteiger partial charge in [-0.2, -0.15) is 18.3 Å². The minimum Gasteiger partial charge on any atom is -0.478 e. The van der Waals surface area contributed by atoms with Gasteiger partial charge in [0.05, 0.1) is 16.9 Å². The molecule has 0 radical (unpaired) electrons. The Labute approximate surface area is 187 Å². The first-order valence-electron chi connectivity index (χ1n) is 10.2.